The normalized spacial score (nSPS) is 25.0. The number of anilines is 4. The molecule has 12 rings (SSSR count). The molecule has 7 aliphatic rings. The molecule has 0 radical (unpaired) electrons. The molecule has 18 heteroatoms. The lowest BCUT2D eigenvalue weighted by molar-refractivity contribution is -0.143. The molecule has 0 bridgehead atoms. The van der Waals surface area contributed by atoms with E-state index in [2.05, 4.69) is 67.3 Å². The van der Waals surface area contributed by atoms with E-state index in [9.17, 15) is 19.2 Å². The highest BCUT2D eigenvalue weighted by Crippen LogP contribution is 2.52. The number of benzene rings is 1. The number of halogens is 1. The summed E-state index contributed by atoms with van der Waals surface area (Å²) < 4.78 is 17.1. The summed E-state index contributed by atoms with van der Waals surface area (Å²) in [5, 5.41) is 5.68. The number of pyridine rings is 3. The fourth-order valence-corrected chi connectivity index (χ4v) is 13.9. The molecule has 1 atom stereocenters. The molecule has 1 aromatic carbocycles. The van der Waals surface area contributed by atoms with E-state index in [0.717, 1.165) is 78.0 Å². The maximum absolute atomic E-state index is 15.3. The molecule has 5 aromatic rings. The largest absolute Gasteiger partial charge is 0.357 e. The zero-order valence-electron chi connectivity index (χ0n) is 44.6. The van der Waals surface area contributed by atoms with Gasteiger partial charge in [-0.1, -0.05) is 24.6 Å². The SMILES string of the molecule is CC(C)n1cnc2cc(-c3ccc4c(c3)N(C3CC(N5CCCCC5)C3)C(=O)C43CCN(C(=O)C4CCC(C(=O)N5CCC(N(C)c6ccc([C@H]7CCC(=O)NC7=O)cn6)CC5)CC4)CC3)nc(Nc3ccncc3F)c21. The molecule has 0 unspecified atom stereocenters. The number of nitrogens with zero attached hydrogens (tertiary/aromatic N) is 10. The fraction of sp³-hybridized carbons (Fsp3) is 0.542. The molecule has 17 nitrogen and oxygen atoms in total. The molecule has 2 aliphatic carbocycles. The van der Waals surface area contributed by atoms with Crippen molar-refractivity contribution in [2.75, 3.05) is 61.4 Å². The van der Waals surface area contributed by atoms with Crippen molar-refractivity contribution in [3.63, 3.8) is 0 Å². The van der Waals surface area contributed by atoms with Gasteiger partial charge in [0.2, 0.25) is 29.5 Å². The average molecular weight is 1050 g/mol. The topological polar surface area (TPSA) is 182 Å². The second-order valence-electron chi connectivity index (χ2n) is 23.3. The number of nitrogens with one attached hydrogen (secondary N) is 2. The minimum absolute atomic E-state index is 0.0764. The number of rotatable bonds is 11. The number of imidazole rings is 1. The van der Waals surface area contributed by atoms with Gasteiger partial charge in [-0.25, -0.2) is 19.3 Å². The van der Waals surface area contributed by atoms with E-state index >= 15 is 9.18 Å². The van der Waals surface area contributed by atoms with Crippen LogP contribution >= 0.6 is 0 Å². The average Bonchev–Trinajstić information content (AvgIpc) is 4.20. The van der Waals surface area contributed by atoms with Crippen molar-refractivity contribution < 1.29 is 28.4 Å². The highest BCUT2D eigenvalue weighted by molar-refractivity contribution is 6.09. The number of amides is 5. The van der Waals surface area contributed by atoms with E-state index in [1.165, 1.54) is 25.5 Å². The number of hydrogen-bond acceptors (Lipinski definition) is 12. The van der Waals surface area contributed by atoms with Crippen molar-refractivity contribution in [2.45, 2.75) is 146 Å². The van der Waals surface area contributed by atoms with Gasteiger partial charge in [0.05, 0.1) is 40.8 Å². The quantitative estimate of drug-likeness (QED) is 0.122. The van der Waals surface area contributed by atoms with Gasteiger partial charge in [0.25, 0.3) is 0 Å². The number of fused-ring (bicyclic) bond motifs is 3. The molecule has 404 valence electrons. The second kappa shape index (κ2) is 20.9. The molecule has 2 N–H and O–H groups in total. The summed E-state index contributed by atoms with van der Waals surface area (Å²) in [4.78, 5) is 97.1. The number of hydrogen-bond donors (Lipinski definition) is 2. The number of aromatic nitrogens is 5. The Hall–Kier alpha value is -6.82. The van der Waals surface area contributed by atoms with Crippen LogP contribution in [-0.4, -0.2) is 133 Å². The van der Waals surface area contributed by atoms with Gasteiger partial charge in [0.1, 0.15) is 11.3 Å². The Labute approximate surface area is 449 Å². The Balaban J connectivity index is 0.701. The highest BCUT2D eigenvalue weighted by Gasteiger charge is 2.56. The maximum Gasteiger partial charge on any atom is 0.238 e. The predicted octanol–water partition coefficient (Wildman–Crippen LogP) is 8.03. The van der Waals surface area contributed by atoms with Crippen LogP contribution in [0.15, 0.2) is 67.4 Å². The van der Waals surface area contributed by atoms with Gasteiger partial charge in [0, 0.05) is 99.3 Å². The molecule has 4 saturated heterocycles. The Morgan fingerprint density at radius 3 is 2.18 bits per heavy atom. The summed E-state index contributed by atoms with van der Waals surface area (Å²) in [6.45, 7) is 8.71. The zero-order valence-corrected chi connectivity index (χ0v) is 44.6. The standard InChI is InChI=1S/C59H71FN12O5/c1-36(2)71-35-63-49-32-48(65-54(53(49)71)64-47-17-22-61-34-46(47)60)39-11-14-45-50(29-39)72(43-30-42(31-43)68-23-5-4-6-24-68)58(77)59(45)20-27-70(28-21-59)57(76)38-9-7-37(8-10-38)56(75)69-25-18-41(19-26-69)67(3)51-15-12-40(33-62-51)44-13-16-52(73)66-55(44)74/h11-12,14-15,17,22,29,32-38,41-44H,4-10,13,16,18-21,23-28,30-31H2,1-3H3,(H,61,64,65)(H,66,73,74)/t37?,38?,42?,43?,44-/m1/s1. The molecule has 1 spiro atoms. The van der Waals surface area contributed by atoms with E-state index in [4.69, 9.17) is 9.97 Å². The fourth-order valence-electron chi connectivity index (χ4n) is 13.9. The minimum atomic E-state index is -0.745. The first kappa shape index (κ1) is 51.0. The summed E-state index contributed by atoms with van der Waals surface area (Å²) >= 11 is 0. The Morgan fingerprint density at radius 2 is 1.52 bits per heavy atom. The van der Waals surface area contributed by atoms with Crippen LogP contribution in [0, 0.1) is 17.7 Å². The lowest BCUT2D eigenvalue weighted by Crippen LogP contribution is -2.58. The third-order valence-corrected chi connectivity index (χ3v) is 18.6. The first-order valence-corrected chi connectivity index (χ1v) is 28.4. The van der Waals surface area contributed by atoms with Crippen LogP contribution in [-0.2, 0) is 29.4 Å². The zero-order chi connectivity index (χ0) is 53.1. The van der Waals surface area contributed by atoms with Crippen molar-refractivity contribution >= 4 is 63.6 Å². The van der Waals surface area contributed by atoms with Crippen molar-refractivity contribution in [1.82, 2.24) is 44.5 Å². The van der Waals surface area contributed by atoms with E-state index in [-0.39, 0.29) is 71.1 Å². The van der Waals surface area contributed by atoms with Crippen LogP contribution in [0.5, 0.6) is 0 Å². The Bertz CT molecular complexity index is 3070. The number of carbonyl (C=O) groups excluding carboxylic acids is 5. The highest BCUT2D eigenvalue weighted by atomic mass is 19.1. The number of carbonyl (C=O) groups is 5. The van der Waals surface area contributed by atoms with Crippen LogP contribution in [0.3, 0.4) is 0 Å². The van der Waals surface area contributed by atoms with E-state index in [0.29, 0.717) is 95.1 Å². The Morgan fingerprint density at radius 1 is 0.805 bits per heavy atom. The molecule has 5 aliphatic heterocycles. The summed E-state index contributed by atoms with van der Waals surface area (Å²) in [6.07, 6.45) is 18.1. The lowest BCUT2D eigenvalue weighted by Gasteiger charge is -2.48. The van der Waals surface area contributed by atoms with Gasteiger partial charge in [-0.2, -0.15) is 0 Å². The molecular weight excluding hydrogens is 976 g/mol. The third-order valence-electron chi connectivity index (χ3n) is 18.6. The van der Waals surface area contributed by atoms with Crippen LogP contribution in [0.2, 0.25) is 0 Å². The number of piperidine rings is 4. The molecular formula is C59H71FN12O5. The maximum atomic E-state index is 15.3. The van der Waals surface area contributed by atoms with Gasteiger partial charge in [-0.15, -0.1) is 0 Å². The van der Waals surface area contributed by atoms with Crippen LogP contribution < -0.4 is 20.4 Å². The number of likely N-dealkylation sites (tertiary alicyclic amines) is 3. The predicted molar refractivity (Wildman–Crippen MR) is 291 cm³/mol. The van der Waals surface area contributed by atoms with E-state index in [1.807, 2.05) is 39.6 Å². The molecule has 5 amide bonds. The lowest BCUT2D eigenvalue weighted by atomic mass is 9.72. The molecule has 9 heterocycles. The molecule has 77 heavy (non-hydrogen) atoms. The summed E-state index contributed by atoms with van der Waals surface area (Å²) in [5.74, 6) is 0.177. The molecule has 6 fully saturated rings. The number of imide groups is 1. The molecule has 4 aromatic heterocycles. The second-order valence-corrected chi connectivity index (χ2v) is 23.3. The van der Waals surface area contributed by atoms with Crippen LogP contribution in [0.4, 0.5) is 27.4 Å². The summed E-state index contributed by atoms with van der Waals surface area (Å²) in [5.41, 5.74) is 5.26. The first-order valence-electron chi connectivity index (χ1n) is 28.4. The van der Waals surface area contributed by atoms with Gasteiger partial charge in [0.15, 0.2) is 11.6 Å². The van der Waals surface area contributed by atoms with Crippen molar-refractivity contribution in [2.24, 2.45) is 11.8 Å². The van der Waals surface area contributed by atoms with Crippen LogP contribution in [0.1, 0.15) is 133 Å². The van der Waals surface area contributed by atoms with Crippen molar-refractivity contribution in [3.05, 3.63) is 84.3 Å². The van der Waals surface area contributed by atoms with E-state index < -0.39 is 11.2 Å². The third kappa shape index (κ3) is 9.51. The monoisotopic (exact) mass is 1050 g/mol. The Kier molecular flexibility index (Phi) is 13.8. The van der Waals surface area contributed by atoms with Crippen molar-refractivity contribution in [1.29, 1.82) is 0 Å². The summed E-state index contributed by atoms with van der Waals surface area (Å²) in [7, 11) is 2.03. The van der Waals surface area contributed by atoms with Gasteiger partial charge < -0.3 is 34.4 Å². The van der Waals surface area contributed by atoms with E-state index in [1.54, 1.807) is 24.8 Å². The van der Waals surface area contributed by atoms with Gasteiger partial charge >= 0.3 is 0 Å². The van der Waals surface area contributed by atoms with Gasteiger partial charge in [-0.05, 0) is 146 Å². The van der Waals surface area contributed by atoms with Gasteiger partial charge in [-0.3, -0.25) is 34.3 Å². The van der Waals surface area contributed by atoms with Crippen molar-refractivity contribution in [3.8, 4) is 11.3 Å². The van der Waals surface area contributed by atoms with Crippen LogP contribution in [0.25, 0.3) is 22.3 Å². The smallest absolute Gasteiger partial charge is 0.238 e. The molecule has 2 saturated carbocycles. The summed E-state index contributed by atoms with van der Waals surface area (Å²) in [6, 6.07) is 14.6. The minimum Gasteiger partial charge on any atom is -0.357 e. The first-order chi connectivity index (χ1) is 37.3.